The molecule has 1 unspecified atom stereocenters. The molecule has 128 valence electrons. The standard InChI is InChI=1S/C18H13N5O3/c24-18(25)23-10-8-15(23)17-21-16(22-26-17)14-7-5-12(11-20-14)4-6-13-3-1-2-9-19-13/h1-3,5,7,9,11,15H,8,10H2,(H,24,25). The molecular formula is C18H13N5O3. The Morgan fingerprint density at radius 3 is 2.81 bits per heavy atom. The molecule has 1 aliphatic rings. The molecule has 1 fully saturated rings. The van der Waals surface area contributed by atoms with Gasteiger partial charge in [0.05, 0.1) is 0 Å². The molecule has 1 atom stereocenters. The van der Waals surface area contributed by atoms with Crippen LogP contribution in [0.15, 0.2) is 47.2 Å². The number of rotatable bonds is 2. The Morgan fingerprint density at radius 2 is 2.15 bits per heavy atom. The summed E-state index contributed by atoms with van der Waals surface area (Å²) in [5, 5.41) is 13.0. The number of carboxylic acid groups (broad SMARTS) is 1. The first kappa shape index (κ1) is 15.8. The third-order valence-corrected chi connectivity index (χ3v) is 3.98. The normalized spacial score (nSPS) is 15.7. The molecule has 26 heavy (non-hydrogen) atoms. The number of nitrogens with zero attached hydrogens (tertiary/aromatic N) is 5. The van der Waals surface area contributed by atoms with Crippen molar-refractivity contribution in [2.75, 3.05) is 6.54 Å². The third-order valence-electron chi connectivity index (χ3n) is 3.98. The average Bonchev–Trinajstić information content (AvgIpc) is 3.09. The molecule has 8 heteroatoms. The van der Waals surface area contributed by atoms with Gasteiger partial charge in [-0.2, -0.15) is 4.98 Å². The van der Waals surface area contributed by atoms with Crippen LogP contribution in [0, 0.1) is 11.8 Å². The van der Waals surface area contributed by atoms with E-state index in [9.17, 15) is 4.79 Å². The highest BCUT2D eigenvalue weighted by molar-refractivity contribution is 5.66. The molecule has 1 amide bonds. The van der Waals surface area contributed by atoms with Crippen LogP contribution in [0.3, 0.4) is 0 Å². The van der Waals surface area contributed by atoms with Crippen molar-refractivity contribution in [2.45, 2.75) is 12.5 Å². The van der Waals surface area contributed by atoms with E-state index in [1.165, 1.54) is 4.90 Å². The summed E-state index contributed by atoms with van der Waals surface area (Å²) in [4.78, 5) is 25.0. The van der Waals surface area contributed by atoms with Crippen molar-refractivity contribution in [1.82, 2.24) is 25.0 Å². The Kier molecular flexibility index (Phi) is 4.03. The number of aromatic nitrogens is 4. The average molecular weight is 347 g/mol. The van der Waals surface area contributed by atoms with Crippen LogP contribution >= 0.6 is 0 Å². The van der Waals surface area contributed by atoms with Gasteiger partial charge in [-0.25, -0.2) is 9.78 Å². The summed E-state index contributed by atoms with van der Waals surface area (Å²) in [7, 11) is 0. The van der Waals surface area contributed by atoms with Crippen molar-refractivity contribution >= 4 is 6.09 Å². The first-order valence-electron chi connectivity index (χ1n) is 7.93. The maximum atomic E-state index is 11.1. The molecule has 0 aliphatic carbocycles. The number of hydrogen-bond donors (Lipinski definition) is 1. The lowest BCUT2D eigenvalue weighted by molar-refractivity contribution is 0.0591. The minimum absolute atomic E-state index is 0.287. The number of carbonyl (C=O) groups is 1. The molecule has 4 rings (SSSR count). The van der Waals surface area contributed by atoms with Crippen LogP contribution in [-0.2, 0) is 0 Å². The highest BCUT2D eigenvalue weighted by atomic mass is 16.5. The predicted molar refractivity (Wildman–Crippen MR) is 89.8 cm³/mol. The molecule has 0 spiro atoms. The summed E-state index contributed by atoms with van der Waals surface area (Å²) in [6.45, 7) is 0.472. The fourth-order valence-electron chi connectivity index (χ4n) is 2.52. The predicted octanol–water partition coefficient (Wildman–Crippen LogP) is 2.35. The van der Waals surface area contributed by atoms with Gasteiger partial charge >= 0.3 is 6.09 Å². The van der Waals surface area contributed by atoms with E-state index in [0.717, 1.165) is 5.56 Å². The molecule has 4 heterocycles. The van der Waals surface area contributed by atoms with E-state index in [1.54, 1.807) is 24.5 Å². The number of hydrogen-bond acceptors (Lipinski definition) is 6. The second kappa shape index (κ2) is 6.64. The fraction of sp³-hybridized carbons (Fsp3) is 0.167. The quantitative estimate of drug-likeness (QED) is 0.709. The van der Waals surface area contributed by atoms with E-state index in [4.69, 9.17) is 9.63 Å². The molecule has 8 nitrogen and oxygen atoms in total. The van der Waals surface area contributed by atoms with Gasteiger partial charge in [-0.1, -0.05) is 17.1 Å². The van der Waals surface area contributed by atoms with E-state index in [0.29, 0.717) is 30.2 Å². The van der Waals surface area contributed by atoms with Crippen LogP contribution in [0.25, 0.3) is 11.5 Å². The van der Waals surface area contributed by atoms with Crippen LogP contribution in [0.1, 0.15) is 29.6 Å². The fourth-order valence-corrected chi connectivity index (χ4v) is 2.52. The summed E-state index contributed by atoms with van der Waals surface area (Å²) in [5.74, 6) is 6.55. The van der Waals surface area contributed by atoms with Gasteiger partial charge in [0.25, 0.3) is 0 Å². The first-order valence-corrected chi connectivity index (χ1v) is 7.93. The number of likely N-dealkylation sites (tertiary alicyclic amines) is 1. The maximum Gasteiger partial charge on any atom is 0.407 e. The van der Waals surface area contributed by atoms with Crippen LogP contribution < -0.4 is 0 Å². The Morgan fingerprint density at radius 1 is 1.23 bits per heavy atom. The second-order valence-electron chi connectivity index (χ2n) is 5.63. The molecule has 1 saturated heterocycles. The first-order chi connectivity index (χ1) is 12.7. The number of pyridine rings is 2. The highest BCUT2D eigenvalue weighted by Crippen LogP contribution is 2.32. The Balaban J connectivity index is 1.50. The topological polar surface area (TPSA) is 105 Å². The second-order valence-corrected chi connectivity index (χ2v) is 5.63. The summed E-state index contributed by atoms with van der Waals surface area (Å²) < 4.78 is 5.20. The van der Waals surface area contributed by atoms with Gasteiger partial charge in [-0.3, -0.25) is 9.88 Å². The lowest BCUT2D eigenvalue weighted by atomic mass is 10.0. The van der Waals surface area contributed by atoms with Crippen LogP contribution in [0.5, 0.6) is 0 Å². The maximum absolute atomic E-state index is 11.1. The van der Waals surface area contributed by atoms with Gasteiger partial charge in [0.15, 0.2) is 0 Å². The van der Waals surface area contributed by atoms with E-state index in [-0.39, 0.29) is 11.9 Å². The third kappa shape index (κ3) is 3.10. The Labute approximate surface area is 148 Å². The van der Waals surface area contributed by atoms with Crippen molar-refractivity contribution in [2.24, 2.45) is 0 Å². The SMILES string of the molecule is O=C(O)N1CCC1c1nc(-c2ccc(C#Cc3ccccn3)cn2)no1. The van der Waals surface area contributed by atoms with E-state index in [2.05, 4.69) is 31.9 Å². The van der Waals surface area contributed by atoms with Crippen molar-refractivity contribution in [3.8, 4) is 23.4 Å². The van der Waals surface area contributed by atoms with E-state index < -0.39 is 6.09 Å². The molecule has 0 saturated carbocycles. The lowest BCUT2D eigenvalue weighted by Crippen LogP contribution is -2.44. The zero-order valence-corrected chi connectivity index (χ0v) is 13.5. The molecule has 3 aromatic heterocycles. The largest absolute Gasteiger partial charge is 0.465 e. The summed E-state index contributed by atoms with van der Waals surface area (Å²) in [5.41, 5.74) is 1.95. The monoisotopic (exact) mass is 347 g/mol. The minimum Gasteiger partial charge on any atom is -0.465 e. The van der Waals surface area contributed by atoms with Crippen molar-refractivity contribution in [1.29, 1.82) is 0 Å². The molecule has 1 aliphatic heterocycles. The Bertz CT molecular complexity index is 989. The zero-order valence-electron chi connectivity index (χ0n) is 13.5. The molecule has 3 aromatic rings. The number of amides is 1. The zero-order chi connectivity index (χ0) is 17.9. The van der Waals surface area contributed by atoms with E-state index >= 15 is 0 Å². The molecular weight excluding hydrogens is 334 g/mol. The lowest BCUT2D eigenvalue weighted by Gasteiger charge is -2.35. The molecule has 0 bridgehead atoms. The van der Waals surface area contributed by atoms with Crippen molar-refractivity contribution < 1.29 is 14.4 Å². The van der Waals surface area contributed by atoms with E-state index in [1.807, 2.05) is 18.2 Å². The van der Waals surface area contributed by atoms with Crippen LogP contribution in [0.2, 0.25) is 0 Å². The Hall–Kier alpha value is -3.73. The highest BCUT2D eigenvalue weighted by Gasteiger charge is 2.37. The van der Waals surface area contributed by atoms with Crippen LogP contribution in [0.4, 0.5) is 4.79 Å². The molecule has 1 N–H and O–H groups in total. The smallest absolute Gasteiger partial charge is 0.407 e. The van der Waals surface area contributed by atoms with Gasteiger partial charge < -0.3 is 9.63 Å². The van der Waals surface area contributed by atoms with Gasteiger partial charge in [0.1, 0.15) is 17.4 Å². The molecule has 0 radical (unpaired) electrons. The van der Waals surface area contributed by atoms with Crippen LogP contribution in [-0.4, -0.2) is 42.8 Å². The summed E-state index contributed by atoms with van der Waals surface area (Å²) in [6, 6.07) is 8.71. The minimum atomic E-state index is -0.991. The summed E-state index contributed by atoms with van der Waals surface area (Å²) >= 11 is 0. The van der Waals surface area contributed by atoms with Crippen molar-refractivity contribution in [3.63, 3.8) is 0 Å². The van der Waals surface area contributed by atoms with Gasteiger partial charge in [0.2, 0.25) is 11.7 Å². The van der Waals surface area contributed by atoms with Crippen molar-refractivity contribution in [3.05, 3.63) is 59.9 Å². The summed E-state index contributed by atoms with van der Waals surface area (Å²) in [6.07, 6.45) is 2.99. The molecule has 0 aromatic carbocycles. The van der Waals surface area contributed by atoms with Gasteiger partial charge in [-0.15, -0.1) is 0 Å². The van der Waals surface area contributed by atoms with Gasteiger partial charge in [-0.05, 0) is 36.6 Å². The van der Waals surface area contributed by atoms with Gasteiger partial charge in [0, 0.05) is 24.5 Å².